The summed E-state index contributed by atoms with van der Waals surface area (Å²) < 4.78 is 43.1. The van der Waals surface area contributed by atoms with Crippen molar-refractivity contribution in [2.24, 2.45) is 0 Å². The Morgan fingerprint density at radius 1 is 1.02 bits per heavy atom. The topological polar surface area (TPSA) is 162 Å². The summed E-state index contributed by atoms with van der Waals surface area (Å²) in [5.74, 6) is -1.07. The Hall–Kier alpha value is -5.96. The number of halogens is 1. The lowest BCUT2D eigenvalue weighted by molar-refractivity contribution is -0.123. The summed E-state index contributed by atoms with van der Waals surface area (Å²) in [6.07, 6.45) is 2.33. The zero-order valence-electron chi connectivity index (χ0n) is 27.6. The monoisotopic (exact) mass is 699 g/mol. The number of hydrogen-bond donors (Lipinski definition) is 2. The summed E-state index contributed by atoms with van der Waals surface area (Å²) in [6, 6.07) is 13.1. The number of rotatable bonds is 6. The molecule has 14 nitrogen and oxygen atoms in total. The van der Waals surface area contributed by atoms with Crippen LogP contribution in [0.3, 0.4) is 0 Å². The van der Waals surface area contributed by atoms with Gasteiger partial charge in [-0.3, -0.25) is 19.2 Å². The van der Waals surface area contributed by atoms with Gasteiger partial charge < -0.3 is 43.8 Å². The molecule has 1 saturated heterocycles. The van der Waals surface area contributed by atoms with Gasteiger partial charge in [-0.25, -0.2) is 9.37 Å². The fraction of sp³-hybridized carbons (Fsp3) is 0.306. The molecule has 0 unspecified atom stereocenters. The van der Waals surface area contributed by atoms with Crippen LogP contribution in [0.1, 0.15) is 55.7 Å². The molecule has 2 N–H and O–H groups in total. The molecule has 4 amide bonds. The molecule has 1 fully saturated rings. The highest BCUT2D eigenvalue weighted by Crippen LogP contribution is 2.33. The van der Waals surface area contributed by atoms with Gasteiger partial charge in [0.25, 0.3) is 17.7 Å². The summed E-state index contributed by atoms with van der Waals surface area (Å²) in [7, 11) is 0. The van der Waals surface area contributed by atoms with Gasteiger partial charge in [-0.05, 0) is 60.0 Å². The molecule has 0 spiro atoms. The van der Waals surface area contributed by atoms with E-state index in [1.165, 1.54) is 46.3 Å². The van der Waals surface area contributed by atoms with Gasteiger partial charge in [0, 0.05) is 43.4 Å². The van der Waals surface area contributed by atoms with Crippen molar-refractivity contribution in [3.8, 4) is 23.0 Å². The molecule has 264 valence electrons. The van der Waals surface area contributed by atoms with Crippen molar-refractivity contribution in [2.45, 2.75) is 38.6 Å². The smallest absolute Gasteiger partial charge is 0.291 e. The van der Waals surface area contributed by atoms with Crippen molar-refractivity contribution in [3.63, 3.8) is 0 Å². The number of ether oxygens (including phenoxy) is 4. The first-order chi connectivity index (χ1) is 24.7. The van der Waals surface area contributed by atoms with Crippen LogP contribution in [0.15, 0.2) is 71.6 Å². The second-order valence-corrected chi connectivity index (χ2v) is 12.3. The number of carbonyl (C=O) groups is 4. The van der Waals surface area contributed by atoms with Gasteiger partial charge in [0.1, 0.15) is 17.3 Å². The number of nitrogens with zero attached hydrogens (tertiary/aromatic N) is 3. The Kier molecular flexibility index (Phi) is 9.53. The number of nitrogens with one attached hydrogen (secondary N) is 2. The van der Waals surface area contributed by atoms with Crippen molar-refractivity contribution < 1.29 is 46.9 Å². The maximum Gasteiger partial charge on any atom is 0.291 e. The Balaban J connectivity index is 1.18. The Morgan fingerprint density at radius 3 is 2.69 bits per heavy atom. The first-order valence-corrected chi connectivity index (χ1v) is 16.4. The Bertz CT molecular complexity index is 1970. The predicted molar refractivity (Wildman–Crippen MR) is 176 cm³/mol. The average molecular weight is 700 g/mol. The van der Waals surface area contributed by atoms with E-state index < -0.39 is 41.6 Å². The van der Waals surface area contributed by atoms with Gasteiger partial charge in [0.05, 0.1) is 31.5 Å². The van der Waals surface area contributed by atoms with Gasteiger partial charge in [-0.2, -0.15) is 0 Å². The predicted octanol–water partition coefficient (Wildman–Crippen LogP) is 3.66. The summed E-state index contributed by atoms with van der Waals surface area (Å²) in [4.78, 5) is 60.7. The molecule has 3 aliphatic heterocycles. The van der Waals surface area contributed by atoms with Crippen molar-refractivity contribution in [1.82, 2.24) is 25.4 Å². The minimum atomic E-state index is -0.664. The highest BCUT2D eigenvalue weighted by atomic mass is 19.1. The summed E-state index contributed by atoms with van der Waals surface area (Å²) in [6.45, 7) is 2.23. The number of carbonyl (C=O) groups excluding carboxylic acids is 4. The number of amides is 4. The lowest BCUT2D eigenvalue weighted by atomic mass is 10.1. The minimum absolute atomic E-state index is 0.0356. The fourth-order valence-electron chi connectivity index (χ4n) is 6.21. The second-order valence-electron chi connectivity index (χ2n) is 12.3. The quantitative estimate of drug-likeness (QED) is 0.304. The van der Waals surface area contributed by atoms with Crippen molar-refractivity contribution in [3.05, 3.63) is 101 Å². The fourth-order valence-corrected chi connectivity index (χ4v) is 6.21. The first-order valence-electron chi connectivity index (χ1n) is 16.4. The molecule has 15 heteroatoms. The van der Waals surface area contributed by atoms with Crippen molar-refractivity contribution in [1.29, 1.82) is 0 Å². The van der Waals surface area contributed by atoms with E-state index in [1.807, 2.05) is 6.92 Å². The SMILES string of the molecule is CCCN1CC(=O)N[C@@H]2CN(C(=O)c3cnco3)C[C@H]2OCc2cc(F)cc(c2)Oc2cc(C(=O)NCc3ccc4c(c3)OCO4)cc(c2)C1=O. The van der Waals surface area contributed by atoms with Crippen LogP contribution in [-0.4, -0.2) is 83.5 Å². The molecule has 4 aromatic rings. The number of oxazole rings is 1. The third-order valence-corrected chi connectivity index (χ3v) is 8.59. The van der Waals surface area contributed by atoms with E-state index in [4.69, 9.17) is 23.4 Å². The van der Waals surface area contributed by atoms with Crippen molar-refractivity contribution in [2.75, 3.05) is 33.0 Å². The zero-order chi connectivity index (χ0) is 35.5. The third-order valence-electron chi connectivity index (χ3n) is 8.59. The highest BCUT2D eigenvalue weighted by Gasteiger charge is 2.38. The van der Waals surface area contributed by atoms with E-state index in [1.54, 1.807) is 24.3 Å². The van der Waals surface area contributed by atoms with E-state index in [-0.39, 0.29) is 74.5 Å². The van der Waals surface area contributed by atoms with E-state index in [2.05, 4.69) is 15.6 Å². The van der Waals surface area contributed by atoms with Crippen LogP contribution >= 0.6 is 0 Å². The van der Waals surface area contributed by atoms with Gasteiger partial charge >= 0.3 is 0 Å². The van der Waals surface area contributed by atoms with Crippen LogP contribution in [0, 0.1) is 5.82 Å². The molecule has 1 aromatic heterocycles. The molecular weight excluding hydrogens is 665 g/mol. The van der Waals surface area contributed by atoms with Crippen LogP contribution in [0.4, 0.5) is 4.39 Å². The second kappa shape index (κ2) is 14.5. The molecule has 2 atom stereocenters. The number of hydrogen-bond acceptors (Lipinski definition) is 10. The average Bonchev–Trinajstić information content (AvgIpc) is 3.90. The minimum Gasteiger partial charge on any atom is -0.457 e. The summed E-state index contributed by atoms with van der Waals surface area (Å²) >= 11 is 0. The van der Waals surface area contributed by atoms with E-state index in [0.717, 1.165) is 12.0 Å². The Labute approximate surface area is 291 Å². The number of fused-ring (bicyclic) bond motifs is 6. The molecule has 3 aromatic carbocycles. The molecule has 3 aliphatic rings. The molecular formula is C36H34FN5O9. The lowest BCUT2D eigenvalue weighted by Gasteiger charge is -2.25. The molecule has 7 rings (SSSR count). The van der Waals surface area contributed by atoms with Crippen LogP contribution < -0.4 is 24.8 Å². The molecule has 51 heavy (non-hydrogen) atoms. The van der Waals surface area contributed by atoms with Crippen LogP contribution in [0.5, 0.6) is 23.0 Å². The summed E-state index contributed by atoms with van der Waals surface area (Å²) in [5, 5.41) is 5.77. The number of likely N-dealkylation sites (tertiary alicyclic amines) is 1. The van der Waals surface area contributed by atoms with E-state index in [9.17, 15) is 23.6 Å². The zero-order valence-corrected chi connectivity index (χ0v) is 27.6. The van der Waals surface area contributed by atoms with Gasteiger partial charge in [0.2, 0.25) is 18.5 Å². The largest absolute Gasteiger partial charge is 0.457 e. The summed E-state index contributed by atoms with van der Waals surface area (Å²) in [5.41, 5.74) is 1.40. The standard InChI is InChI=1S/C36H34FN5O9/c1-2-5-41-17-33(43)40-28-15-42(36(46)31-14-38-19-48-31)16-32(28)47-18-22-6-25(37)12-26(7-22)51-27-10-23(9-24(11-27)35(41)45)34(44)39-13-21-3-4-29-30(8-21)50-20-49-29/h3-4,6-12,14,19,28,32H,2,5,13,15-18,20H2,1H3,(H,39,44)(H,40,43)/t28-,32-/m1/s1. The molecule has 0 saturated carbocycles. The van der Waals surface area contributed by atoms with E-state index in [0.29, 0.717) is 23.5 Å². The highest BCUT2D eigenvalue weighted by molar-refractivity contribution is 6.01. The van der Waals surface area contributed by atoms with Crippen molar-refractivity contribution >= 4 is 23.6 Å². The van der Waals surface area contributed by atoms with Crippen LogP contribution in [0.25, 0.3) is 0 Å². The van der Waals surface area contributed by atoms with Gasteiger partial charge in [-0.1, -0.05) is 13.0 Å². The number of benzene rings is 3. The van der Waals surface area contributed by atoms with E-state index >= 15 is 0 Å². The maximum absolute atomic E-state index is 14.9. The lowest BCUT2D eigenvalue weighted by Crippen LogP contribution is -2.49. The number of aromatic nitrogens is 1. The maximum atomic E-state index is 14.9. The normalized spacial score (nSPS) is 18.5. The first kappa shape index (κ1) is 33.5. The third kappa shape index (κ3) is 7.62. The molecule has 4 heterocycles. The molecule has 4 bridgehead atoms. The van der Waals surface area contributed by atoms with Gasteiger partial charge in [-0.15, -0.1) is 0 Å². The molecule has 0 radical (unpaired) electrons. The van der Waals surface area contributed by atoms with Crippen LogP contribution in [-0.2, 0) is 22.7 Å². The Morgan fingerprint density at radius 2 is 1.86 bits per heavy atom. The van der Waals surface area contributed by atoms with Crippen LogP contribution in [0.2, 0.25) is 0 Å². The molecule has 0 aliphatic carbocycles. The van der Waals surface area contributed by atoms with Gasteiger partial charge in [0.15, 0.2) is 17.9 Å².